The largest absolute Gasteiger partial charge is 0.487 e. The van der Waals surface area contributed by atoms with Crippen molar-refractivity contribution in [2.75, 3.05) is 43.1 Å². The summed E-state index contributed by atoms with van der Waals surface area (Å²) in [5.74, 6) is 1.37. The number of nitrogens with one attached hydrogen (secondary N) is 1. The number of nitrogen functional groups attached to an aromatic ring is 1. The molecule has 3 N–H and O–H groups in total. The highest BCUT2D eigenvalue weighted by atomic mass is 32.2. The predicted octanol–water partition coefficient (Wildman–Crippen LogP) is 1.88. The lowest BCUT2D eigenvalue weighted by Gasteiger charge is -2.34. The molecule has 4 rings (SSSR count). The van der Waals surface area contributed by atoms with E-state index in [4.69, 9.17) is 15.9 Å². The third-order valence-corrected chi connectivity index (χ3v) is 7.32. The zero-order valence-electron chi connectivity index (χ0n) is 17.8. The summed E-state index contributed by atoms with van der Waals surface area (Å²) in [5.41, 5.74) is 7.79. The number of benzene rings is 1. The standard InChI is InChI=1S/C21H28N6O3S/c1-3-21(6-7-21)30-15-4-5-17(22)16(12-15)20(23)18-13-19(25-14-24-18)26-8-10-27(11-9-26)31(2,28)29/h4-5,12-14,23H,3,6-11,22H2,1-2H3. The van der Waals surface area contributed by atoms with E-state index in [1.807, 2.05) is 11.0 Å². The second-order valence-corrected chi connectivity index (χ2v) is 10.2. The number of anilines is 2. The topological polar surface area (TPSA) is 126 Å². The van der Waals surface area contributed by atoms with E-state index >= 15 is 0 Å². The van der Waals surface area contributed by atoms with Gasteiger partial charge in [0.05, 0.1) is 17.7 Å². The number of rotatable bonds is 7. The summed E-state index contributed by atoms with van der Waals surface area (Å²) >= 11 is 0. The zero-order valence-corrected chi connectivity index (χ0v) is 18.7. The minimum absolute atomic E-state index is 0.0776. The number of ether oxygens (including phenoxy) is 1. The van der Waals surface area contributed by atoms with Crippen molar-refractivity contribution >= 4 is 27.2 Å². The molecule has 1 saturated carbocycles. The van der Waals surface area contributed by atoms with Crippen molar-refractivity contribution in [1.82, 2.24) is 14.3 Å². The number of nitrogens with two attached hydrogens (primary N) is 1. The maximum absolute atomic E-state index is 11.7. The highest BCUT2D eigenvalue weighted by Crippen LogP contribution is 2.43. The molecule has 1 aromatic heterocycles. The van der Waals surface area contributed by atoms with Crippen molar-refractivity contribution in [3.05, 3.63) is 41.9 Å². The van der Waals surface area contributed by atoms with Gasteiger partial charge in [0.15, 0.2) is 0 Å². The van der Waals surface area contributed by atoms with Crippen LogP contribution < -0.4 is 15.4 Å². The number of hydrogen-bond donors (Lipinski definition) is 2. The molecular formula is C21H28N6O3S. The van der Waals surface area contributed by atoms with E-state index in [0.717, 1.165) is 19.3 Å². The van der Waals surface area contributed by atoms with Crippen LogP contribution in [0.15, 0.2) is 30.6 Å². The van der Waals surface area contributed by atoms with Gasteiger partial charge >= 0.3 is 0 Å². The van der Waals surface area contributed by atoms with Gasteiger partial charge in [-0.2, -0.15) is 4.31 Å². The minimum atomic E-state index is -3.19. The molecule has 0 amide bonds. The van der Waals surface area contributed by atoms with Crippen molar-refractivity contribution in [1.29, 1.82) is 5.41 Å². The van der Waals surface area contributed by atoms with Crippen LogP contribution in [0, 0.1) is 5.41 Å². The Morgan fingerprint density at radius 1 is 1.19 bits per heavy atom. The van der Waals surface area contributed by atoms with Gasteiger partial charge in [-0.1, -0.05) is 6.92 Å². The number of hydrogen-bond acceptors (Lipinski definition) is 8. The molecule has 0 spiro atoms. The second-order valence-electron chi connectivity index (χ2n) is 8.17. The summed E-state index contributed by atoms with van der Waals surface area (Å²) in [6.45, 7) is 3.98. The summed E-state index contributed by atoms with van der Waals surface area (Å²) in [4.78, 5) is 10.6. The number of piperazine rings is 1. The quantitative estimate of drug-likeness (QED) is 0.493. The molecule has 10 heteroatoms. The summed E-state index contributed by atoms with van der Waals surface area (Å²) in [6.07, 6.45) is 5.69. The zero-order chi connectivity index (χ0) is 22.2. The van der Waals surface area contributed by atoms with Gasteiger partial charge in [0.25, 0.3) is 0 Å². The highest BCUT2D eigenvalue weighted by Gasteiger charge is 2.43. The fourth-order valence-electron chi connectivity index (χ4n) is 3.78. The van der Waals surface area contributed by atoms with E-state index in [0.29, 0.717) is 54.7 Å². The van der Waals surface area contributed by atoms with Gasteiger partial charge in [0.1, 0.15) is 23.5 Å². The van der Waals surface area contributed by atoms with Crippen LogP contribution in [0.5, 0.6) is 5.75 Å². The van der Waals surface area contributed by atoms with Crippen LogP contribution in [0.1, 0.15) is 37.4 Å². The Kier molecular flexibility index (Phi) is 5.61. The first-order valence-electron chi connectivity index (χ1n) is 10.4. The van der Waals surface area contributed by atoms with E-state index in [1.54, 1.807) is 18.2 Å². The maximum Gasteiger partial charge on any atom is 0.211 e. The molecule has 1 aliphatic carbocycles. The maximum atomic E-state index is 11.7. The van der Waals surface area contributed by atoms with Gasteiger partial charge in [0.2, 0.25) is 10.0 Å². The Morgan fingerprint density at radius 3 is 2.52 bits per heavy atom. The van der Waals surface area contributed by atoms with Gasteiger partial charge in [-0.25, -0.2) is 18.4 Å². The van der Waals surface area contributed by atoms with Gasteiger partial charge in [-0.05, 0) is 37.5 Å². The molecule has 0 unspecified atom stereocenters. The molecule has 2 aromatic rings. The lowest BCUT2D eigenvalue weighted by Crippen LogP contribution is -2.48. The Balaban J connectivity index is 1.52. The third kappa shape index (κ3) is 4.64. The fourth-order valence-corrected chi connectivity index (χ4v) is 4.60. The molecule has 31 heavy (non-hydrogen) atoms. The third-order valence-electron chi connectivity index (χ3n) is 6.02. The molecular weight excluding hydrogens is 416 g/mol. The molecule has 1 saturated heterocycles. The van der Waals surface area contributed by atoms with Crippen LogP contribution in [0.3, 0.4) is 0 Å². The van der Waals surface area contributed by atoms with E-state index < -0.39 is 10.0 Å². The van der Waals surface area contributed by atoms with E-state index in [2.05, 4.69) is 16.9 Å². The molecule has 1 aromatic carbocycles. The lowest BCUT2D eigenvalue weighted by atomic mass is 10.0. The van der Waals surface area contributed by atoms with E-state index in [1.165, 1.54) is 16.9 Å². The molecule has 9 nitrogen and oxygen atoms in total. The summed E-state index contributed by atoms with van der Waals surface area (Å²) in [7, 11) is -3.19. The van der Waals surface area contributed by atoms with Crippen molar-refractivity contribution in [3.63, 3.8) is 0 Å². The molecule has 166 valence electrons. The van der Waals surface area contributed by atoms with Crippen molar-refractivity contribution in [3.8, 4) is 5.75 Å². The molecule has 2 fully saturated rings. The highest BCUT2D eigenvalue weighted by molar-refractivity contribution is 7.88. The Labute approximate surface area is 182 Å². The summed E-state index contributed by atoms with van der Waals surface area (Å²) < 4.78 is 31.1. The molecule has 0 radical (unpaired) electrons. The second kappa shape index (κ2) is 8.08. The fraction of sp³-hybridized carbons (Fsp3) is 0.476. The molecule has 0 atom stereocenters. The molecule has 1 aliphatic heterocycles. The normalized spacial score (nSPS) is 18.6. The number of aromatic nitrogens is 2. The SMILES string of the molecule is CCC1(Oc2ccc(N)c(C(=N)c3cc(N4CCN(S(C)(=O)=O)CC4)ncn3)c2)CC1. The van der Waals surface area contributed by atoms with Crippen LogP contribution in [-0.4, -0.2) is 66.4 Å². The number of sulfonamides is 1. The smallest absolute Gasteiger partial charge is 0.211 e. The van der Waals surface area contributed by atoms with E-state index in [-0.39, 0.29) is 11.3 Å². The first-order valence-corrected chi connectivity index (χ1v) is 12.3. The monoisotopic (exact) mass is 444 g/mol. The summed E-state index contributed by atoms with van der Waals surface area (Å²) in [5, 5.41) is 8.69. The van der Waals surface area contributed by atoms with Crippen LogP contribution in [0.4, 0.5) is 11.5 Å². The summed E-state index contributed by atoms with van der Waals surface area (Å²) in [6, 6.07) is 7.16. The predicted molar refractivity (Wildman–Crippen MR) is 120 cm³/mol. The first kappa shape index (κ1) is 21.5. The van der Waals surface area contributed by atoms with Gasteiger partial charge in [-0.15, -0.1) is 0 Å². The van der Waals surface area contributed by atoms with Gasteiger partial charge < -0.3 is 15.4 Å². The van der Waals surface area contributed by atoms with Crippen LogP contribution >= 0.6 is 0 Å². The Hall–Kier alpha value is -2.72. The van der Waals surface area contributed by atoms with Crippen molar-refractivity contribution in [2.24, 2.45) is 0 Å². The van der Waals surface area contributed by atoms with Crippen LogP contribution in [-0.2, 0) is 10.0 Å². The van der Waals surface area contributed by atoms with Crippen LogP contribution in [0.25, 0.3) is 0 Å². The van der Waals surface area contributed by atoms with Crippen molar-refractivity contribution < 1.29 is 13.2 Å². The van der Waals surface area contributed by atoms with Gasteiger partial charge in [-0.3, -0.25) is 5.41 Å². The molecule has 0 bridgehead atoms. The Morgan fingerprint density at radius 2 is 1.90 bits per heavy atom. The van der Waals surface area contributed by atoms with Crippen LogP contribution in [0.2, 0.25) is 0 Å². The average molecular weight is 445 g/mol. The van der Waals surface area contributed by atoms with Gasteiger partial charge in [0, 0.05) is 43.5 Å². The molecule has 2 heterocycles. The lowest BCUT2D eigenvalue weighted by molar-refractivity contribution is 0.174. The minimum Gasteiger partial charge on any atom is -0.487 e. The molecule has 2 aliphatic rings. The number of nitrogens with zero attached hydrogens (tertiary/aromatic N) is 4. The van der Waals surface area contributed by atoms with E-state index in [9.17, 15) is 8.42 Å². The average Bonchev–Trinajstić information content (AvgIpc) is 3.54. The van der Waals surface area contributed by atoms with Crippen molar-refractivity contribution in [2.45, 2.75) is 31.8 Å². The first-order chi connectivity index (χ1) is 14.7. The Bertz CT molecular complexity index is 1090.